The Labute approximate surface area is 410 Å². The van der Waals surface area contributed by atoms with Crippen LogP contribution in [-0.2, 0) is 10.8 Å². The number of rotatable bonds is 9. The molecule has 0 saturated heterocycles. The zero-order valence-corrected chi connectivity index (χ0v) is 37.8. The maximum Gasteiger partial charge on any atom is 0.0714 e. The van der Waals surface area contributed by atoms with Gasteiger partial charge in [-0.1, -0.05) is 255 Å². The molecule has 69 heavy (non-hydrogen) atoms. The first-order valence-corrected chi connectivity index (χ1v) is 23.7. The lowest BCUT2D eigenvalue weighted by atomic mass is 9.67. The molecule has 324 valence electrons. The van der Waals surface area contributed by atoms with Crippen molar-refractivity contribution in [2.45, 2.75) is 10.8 Å². The maximum atomic E-state index is 10.5. The minimum atomic E-state index is -1.15. The zero-order chi connectivity index (χ0) is 49.3. The molecule has 13 rings (SSSR count). The molecule has 1 heteroatoms. The van der Waals surface area contributed by atoms with Crippen LogP contribution in [0.15, 0.2) is 285 Å². The highest BCUT2D eigenvalue weighted by Gasteiger charge is 2.47. The highest BCUT2D eigenvalue weighted by Crippen LogP contribution is 2.59. The standard InChI is InChI=1S/C68H47N/c1-5-21-48(22-6-1)49-37-39-50(40-38-49)57-29-16-20-36-66(57)69(55-43-41-54(42-44-55)67(51-23-7-2-8-24-51)62-33-17-13-30-58(62)59-31-14-18-34-63(59)67)56-45-46-61-60-32-15-19-35-64(60)68(65(61)47-56,52-25-9-3-10-26-52)53-27-11-4-12-28-53/h1-47H/i41D,42D,43D,44D. The van der Waals surface area contributed by atoms with Gasteiger partial charge in [-0.05, 0) is 114 Å². The summed E-state index contributed by atoms with van der Waals surface area (Å²) in [5.74, 6) is 0. The van der Waals surface area contributed by atoms with Crippen molar-refractivity contribution in [3.8, 4) is 44.5 Å². The van der Waals surface area contributed by atoms with Crippen LogP contribution in [0.25, 0.3) is 44.5 Å². The van der Waals surface area contributed by atoms with Gasteiger partial charge in [-0.15, -0.1) is 0 Å². The van der Waals surface area contributed by atoms with Crippen molar-refractivity contribution >= 4 is 17.1 Å². The van der Waals surface area contributed by atoms with E-state index in [1.54, 1.807) is 0 Å². The number of benzene rings is 11. The van der Waals surface area contributed by atoms with Crippen LogP contribution in [0.3, 0.4) is 0 Å². The summed E-state index contributed by atoms with van der Waals surface area (Å²) in [6, 6.07) is 89.6. The molecule has 0 bridgehead atoms. The van der Waals surface area contributed by atoms with Gasteiger partial charge in [0.1, 0.15) is 0 Å². The van der Waals surface area contributed by atoms with E-state index in [-0.39, 0.29) is 29.9 Å². The molecular formula is C68H47N. The normalized spacial score (nSPS) is 14.3. The Morgan fingerprint density at radius 2 is 0.638 bits per heavy atom. The first-order chi connectivity index (χ1) is 35.9. The summed E-state index contributed by atoms with van der Waals surface area (Å²) < 4.78 is 41.7. The molecule has 2 aliphatic rings. The van der Waals surface area contributed by atoms with Gasteiger partial charge in [0.2, 0.25) is 0 Å². The summed E-state index contributed by atoms with van der Waals surface area (Å²) >= 11 is 0. The summed E-state index contributed by atoms with van der Waals surface area (Å²) in [6.07, 6.45) is 0. The summed E-state index contributed by atoms with van der Waals surface area (Å²) in [4.78, 5) is 1.99. The van der Waals surface area contributed by atoms with E-state index in [4.69, 9.17) is 0 Å². The number of nitrogens with zero attached hydrogens (tertiary/aromatic N) is 1. The summed E-state index contributed by atoms with van der Waals surface area (Å²) in [5, 5.41) is 0. The lowest BCUT2D eigenvalue weighted by Gasteiger charge is -2.36. The molecule has 0 heterocycles. The summed E-state index contributed by atoms with van der Waals surface area (Å²) in [7, 11) is 0. The number of hydrogen-bond donors (Lipinski definition) is 0. The van der Waals surface area contributed by atoms with Crippen LogP contribution in [0, 0.1) is 0 Å². The van der Waals surface area contributed by atoms with Gasteiger partial charge >= 0.3 is 0 Å². The highest BCUT2D eigenvalue weighted by molar-refractivity contribution is 5.93. The van der Waals surface area contributed by atoms with Gasteiger partial charge in [0.15, 0.2) is 0 Å². The number of hydrogen-bond acceptors (Lipinski definition) is 1. The number of anilines is 3. The third-order valence-corrected chi connectivity index (χ3v) is 14.5. The summed E-state index contributed by atoms with van der Waals surface area (Å²) in [6.45, 7) is 0. The minimum Gasteiger partial charge on any atom is -0.310 e. The average molecular weight is 882 g/mol. The van der Waals surface area contributed by atoms with Gasteiger partial charge in [0.25, 0.3) is 0 Å². The van der Waals surface area contributed by atoms with Crippen LogP contribution >= 0.6 is 0 Å². The third kappa shape index (κ3) is 6.24. The van der Waals surface area contributed by atoms with Gasteiger partial charge in [-0.3, -0.25) is 0 Å². The first kappa shape index (κ1) is 36.4. The predicted molar refractivity (Wildman–Crippen MR) is 287 cm³/mol. The molecule has 0 aliphatic heterocycles. The molecule has 0 N–H and O–H groups in total. The Bertz CT molecular complexity index is 3780. The van der Waals surface area contributed by atoms with Crippen molar-refractivity contribution in [2.24, 2.45) is 0 Å². The quantitative estimate of drug-likeness (QED) is 0.140. The fraction of sp³-hybridized carbons (Fsp3) is 0.0294. The summed E-state index contributed by atoms with van der Waals surface area (Å²) in [5.41, 5.74) is 15.5. The molecule has 0 aromatic heterocycles. The molecule has 0 fully saturated rings. The largest absolute Gasteiger partial charge is 0.310 e. The SMILES string of the molecule is [2H]c1c([2H])c(C2(c3ccccc3)c3ccccc3-c3ccccc32)c([2H])c([2H])c1N(c1ccc2c(c1)C(c1ccccc1)(c1ccccc1)c1ccccc1-2)c1ccccc1-c1ccc(-c2ccccc2)cc1. The molecule has 11 aromatic rings. The predicted octanol–water partition coefficient (Wildman–Crippen LogP) is 17.2. The third-order valence-electron chi connectivity index (χ3n) is 14.5. The Morgan fingerprint density at radius 1 is 0.261 bits per heavy atom. The maximum absolute atomic E-state index is 10.5. The topological polar surface area (TPSA) is 3.24 Å². The van der Waals surface area contributed by atoms with Gasteiger partial charge in [0, 0.05) is 16.9 Å². The fourth-order valence-corrected chi connectivity index (χ4v) is 11.6. The smallest absolute Gasteiger partial charge is 0.0714 e. The van der Waals surface area contributed by atoms with Crippen LogP contribution < -0.4 is 4.90 Å². The van der Waals surface area contributed by atoms with Gasteiger partial charge < -0.3 is 4.90 Å². The molecule has 0 saturated carbocycles. The van der Waals surface area contributed by atoms with E-state index in [0.717, 1.165) is 83.6 Å². The van der Waals surface area contributed by atoms with Crippen LogP contribution in [0.4, 0.5) is 17.1 Å². The second-order valence-electron chi connectivity index (χ2n) is 18.0. The molecular weight excluding hydrogens is 831 g/mol. The molecule has 2 aliphatic carbocycles. The van der Waals surface area contributed by atoms with Crippen LogP contribution in [-0.4, -0.2) is 0 Å². The van der Waals surface area contributed by atoms with Crippen LogP contribution in [0.5, 0.6) is 0 Å². The molecule has 0 unspecified atom stereocenters. The fourth-order valence-electron chi connectivity index (χ4n) is 11.6. The molecule has 1 nitrogen and oxygen atoms in total. The molecule has 0 radical (unpaired) electrons. The second kappa shape index (κ2) is 16.5. The van der Waals surface area contributed by atoms with Crippen LogP contribution in [0.2, 0.25) is 0 Å². The first-order valence-electron chi connectivity index (χ1n) is 25.7. The van der Waals surface area contributed by atoms with Crippen molar-refractivity contribution in [1.82, 2.24) is 0 Å². The number of para-hydroxylation sites is 1. The van der Waals surface area contributed by atoms with Gasteiger partial charge in [0.05, 0.1) is 22.0 Å². The Balaban J connectivity index is 1.10. The Morgan fingerprint density at radius 3 is 1.14 bits per heavy atom. The Kier molecular flexibility index (Phi) is 8.71. The zero-order valence-electron chi connectivity index (χ0n) is 41.8. The second-order valence-corrected chi connectivity index (χ2v) is 18.0. The molecule has 0 atom stereocenters. The van der Waals surface area contributed by atoms with Crippen molar-refractivity contribution in [1.29, 1.82) is 0 Å². The van der Waals surface area contributed by atoms with E-state index in [2.05, 4.69) is 182 Å². The lowest BCUT2D eigenvalue weighted by Crippen LogP contribution is -2.29. The minimum absolute atomic E-state index is 0.0995. The van der Waals surface area contributed by atoms with Crippen molar-refractivity contribution in [3.05, 3.63) is 330 Å². The monoisotopic (exact) mass is 881 g/mol. The van der Waals surface area contributed by atoms with Crippen molar-refractivity contribution < 1.29 is 5.48 Å². The van der Waals surface area contributed by atoms with E-state index in [9.17, 15) is 5.48 Å². The average Bonchev–Trinajstić information content (AvgIpc) is 3.93. The van der Waals surface area contributed by atoms with Crippen molar-refractivity contribution in [2.75, 3.05) is 4.90 Å². The molecule has 0 spiro atoms. The highest BCUT2D eigenvalue weighted by atomic mass is 15.1. The van der Waals surface area contributed by atoms with Crippen molar-refractivity contribution in [3.63, 3.8) is 0 Å². The van der Waals surface area contributed by atoms with E-state index in [0.29, 0.717) is 11.3 Å². The molecule has 11 aromatic carbocycles. The van der Waals surface area contributed by atoms with Gasteiger partial charge in [-0.2, -0.15) is 0 Å². The lowest BCUT2D eigenvalue weighted by molar-refractivity contribution is 0.768. The van der Waals surface area contributed by atoms with E-state index >= 15 is 0 Å². The van der Waals surface area contributed by atoms with E-state index in [1.807, 2.05) is 83.8 Å². The van der Waals surface area contributed by atoms with E-state index < -0.39 is 10.8 Å². The Hall–Kier alpha value is -8.78. The van der Waals surface area contributed by atoms with Crippen LogP contribution in [0.1, 0.15) is 50.0 Å². The van der Waals surface area contributed by atoms with Gasteiger partial charge in [-0.25, -0.2) is 0 Å². The molecule has 0 amide bonds. The van der Waals surface area contributed by atoms with E-state index in [1.165, 1.54) is 5.56 Å². The number of fused-ring (bicyclic) bond motifs is 6.